The summed E-state index contributed by atoms with van der Waals surface area (Å²) < 4.78 is 5.69. The van der Waals surface area contributed by atoms with Gasteiger partial charge in [-0.05, 0) is 31.5 Å². The van der Waals surface area contributed by atoms with Crippen molar-refractivity contribution in [1.82, 2.24) is 9.97 Å². The molecule has 6 heteroatoms. The summed E-state index contributed by atoms with van der Waals surface area (Å²) in [4.78, 5) is 19.1. The smallest absolute Gasteiger partial charge is 0.354 e. The SMILES string of the molecule is CC(C#N)CCOc1ccccc1-c1nccc(C(=O)O)n1. The maximum absolute atomic E-state index is 11.0. The molecule has 0 aliphatic rings. The van der Waals surface area contributed by atoms with Crippen LogP contribution in [0.15, 0.2) is 36.5 Å². The molecular weight excluding hydrogens is 282 g/mol. The van der Waals surface area contributed by atoms with E-state index in [1.807, 2.05) is 13.0 Å². The molecule has 0 bridgehead atoms. The molecule has 1 heterocycles. The number of hydrogen-bond donors (Lipinski definition) is 1. The molecule has 0 saturated carbocycles. The first-order chi connectivity index (χ1) is 10.6. The van der Waals surface area contributed by atoms with Crippen molar-refractivity contribution in [2.45, 2.75) is 13.3 Å². The fourth-order valence-corrected chi connectivity index (χ4v) is 1.80. The molecular formula is C16H15N3O3. The predicted molar refractivity (Wildman–Crippen MR) is 79.3 cm³/mol. The van der Waals surface area contributed by atoms with Gasteiger partial charge in [-0.25, -0.2) is 14.8 Å². The van der Waals surface area contributed by atoms with Crippen molar-refractivity contribution < 1.29 is 14.6 Å². The Labute approximate surface area is 128 Å². The monoisotopic (exact) mass is 297 g/mol. The molecule has 1 unspecified atom stereocenters. The molecule has 0 aliphatic carbocycles. The second-order valence-electron chi connectivity index (χ2n) is 4.73. The summed E-state index contributed by atoms with van der Waals surface area (Å²) >= 11 is 0. The molecule has 1 aromatic heterocycles. The zero-order valence-corrected chi connectivity index (χ0v) is 12.1. The molecule has 1 atom stereocenters. The zero-order chi connectivity index (χ0) is 15.9. The molecule has 0 saturated heterocycles. The minimum absolute atomic E-state index is 0.0714. The average molecular weight is 297 g/mol. The molecule has 0 radical (unpaired) electrons. The van der Waals surface area contributed by atoms with Crippen molar-refractivity contribution in [2.24, 2.45) is 5.92 Å². The Balaban J connectivity index is 2.23. The number of aromatic nitrogens is 2. The van der Waals surface area contributed by atoms with Crippen molar-refractivity contribution in [2.75, 3.05) is 6.61 Å². The Morgan fingerprint density at radius 2 is 2.18 bits per heavy atom. The molecule has 0 spiro atoms. The molecule has 0 aliphatic heterocycles. The molecule has 1 aromatic carbocycles. The molecule has 6 nitrogen and oxygen atoms in total. The van der Waals surface area contributed by atoms with Gasteiger partial charge in [-0.1, -0.05) is 12.1 Å². The van der Waals surface area contributed by atoms with Crippen molar-refractivity contribution in [3.05, 3.63) is 42.2 Å². The van der Waals surface area contributed by atoms with Crippen LogP contribution in [0.1, 0.15) is 23.8 Å². The number of carbonyl (C=O) groups is 1. The van der Waals surface area contributed by atoms with Crippen LogP contribution in [0, 0.1) is 17.2 Å². The van der Waals surface area contributed by atoms with Gasteiger partial charge in [0, 0.05) is 12.1 Å². The summed E-state index contributed by atoms with van der Waals surface area (Å²) in [6, 6.07) is 10.6. The number of carboxylic acids is 1. The lowest BCUT2D eigenvalue weighted by Crippen LogP contribution is -2.05. The van der Waals surface area contributed by atoms with E-state index in [2.05, 4.69) is 16.0 Å². The number of nitrogens with zero attached hydrogens (tertiary/aromatic N) is 3. The maximum atomic E-state index is 11.0. The van der Waals surface area contributed by atoms with Crippen molar-refractivity contribution >= 4 is 5.97 Å². The van der Waals surface area contributed by atoms with Crippen LogP contribution in [-0.2, 0) is 0 Å². The molecule has 2 aromatic rings. The van der Waals surface area contributed by atoms with Crippen LogP contribution >= 0.6 is 0 Å². The van der Waals surface area contributed by atoms with Gasteiger partial charge in [0.05, 0.1) is 18.2 Å². The van der Waals surface area contributed by atoms with Gasteiger partial charge in [-0.2, -0.15) is 5.26 Å². The summed E-state index contributed by atoms with van der Waals surface area (Å²) in [6.07, 6.45) is 2.02. The van der Waals surface area contributed by atoms with Crippen LogP contribution in [-0.4, -0.2) is 27.7 Å². The summed E-state index contributed by atoms with van der Waals surface area (Å²) in [7, 11) is 0. The summed E-state index contributed by atoms with van der Waals surface area (Å²) in [5.41, 5.74) is 0.549. The number of carboxylic acid groups (broad SMARTS) is 1. The van der Waals surface area contributed by atoms with Gasteiger partial charge in [0.1, 0.15) is 5.75 Å². The lowest BCUT2D eigenvalue weighted by atomic mass is 10.1. The first kappa shape index (κ1) is 15.4. The number of para-hydroxylation sites is 1. The van der Waals surface area contributed by atoms with Crippen LogP contribution in [0.4, 0.5) is 0 Å². The van der Waals surface area contributed by atoms with Crippen molar-refractivity contribution in [1.29, 1.82) is 5.26 Å². The van der Waals surface area contributed by atoms with Crippen molar-refractivity contribution in [3.63, 3.8) is 0 Å². The van der Waals surface area contributed by atoms with Crippen LogP contribution in [0.25, 0.3) is 11.4 Å². The highest BCUT2D eigenvalue weighted by Gasteiger charge is 2.12. The van der Waals surface area contributed by atoms with Gasteiger partial charge < -0.3 is 9.84 Å². The van der Waals surface area contributed by atoms with Crippen LogP contribution < -0.4 is 4.74 Å². The summed E-state index contributed by atoms with van der Waals surface area (Å²) in [5.74, 6) is -0.331. The molecule has 2 rings (SSSR count). The lowest BCUT2D eigenvalue weighted by Gasteiger charge is -2.11. The summed E-state index contributed by atoms with van der Waals surface area (Å²) in [5, 5.41) is 17.8. The third-order valence-corrected chi connectivity index (χ3v) is 3.03. The Morgan fingerprint density at radius 3 is 2.91 bits per heavy atom. The van der Waals surface area contributed by atoms with E-state index >= 15 is 0 Å². The zero-order valence-electron chi connectivity index (χ0n) is 12.1. The van der Waals surface area contributed by atoms with E-state index < -0.39 is 5.97 Å². The highest BCUT2D eigenvalue weighted by molar-refractivity contribution is 5.85. The Morgan fingerprint density at radius 1 is 1.41 bits per heavy atom. The third kappa shape index (κ3) is 3.79. The standard InChI is InChI=1S/C16H15N3O3/c1-11(10-17)7-9-22-14-5-3-2-4-12(14)15-18-8-6-13(19-15)16(20)21/h2-6,8,11H,7,9H2,1H3,(H,20,21). The maximum Gasteiger partial charge on any atom is 0.354 e. The Bertz CT molecular complexity index is 710. The number of rotatable bonds is 6. The Hall–Kier alpha value is -2.94. The first-order valence-electron chi connectivity index (χ1n) is 6.80. The van der Waals surface area contributed by atoms with Gasteiger partial charge in [-0.3, -0.25) is 0 Å². The number of benzene rings is 1. The Kier molecular flexibility index (Phi) is 5.04. The van der Waals surface area contributed by atoms with E-state index in [1.54, 1.807) is 18.2 Å². The highest BCUT2D eigenvalue weighted by atomic mass is 16.5. The van der Waals surface area contributed by atoms with Crippen LogP contribution in [0.5, 0.6) is 5.75 Å². The van der Waals surface area contributed by atoms with Gasteiger partial charge in [0.2, 0.25) is 0 Å². The highest BCUT2D eigenvalue weighted by Crippen LogP contribution is 2.27. The largest absolute Gasteiger partial charge is 0.493 e. The van der Waals surface area contributed by atoms with E-state index in [1.165, 1.54) is 12.3 Å². The molecule has 22 heavy (non-hydrogen) atoms. The van der Waals surface area contributed by atoms with Crippen LogP contribution in [0.3, 0.4) is 0 Å². The van der Waals surface area contributed by atoms with Gasteiger partial charge in [0.15, 0.2) is 11.5 Å². The fraction of sp³-hybridized carbons (Fsp3) is 0.250. The number of aromatic carboxylic acids is 1. The fourth-order valence-electron chi connectivity index (χ4n) is 1.80. The third-order valence-electron chi connectivity index (χ3n) is 3.03. The quantitative estimate of drug-likeness (QED) is 0.880. The van der Waals surface area contributed by atoms with Crippen LogP contribution in [0.2, 0.25) is 0 Å². The van der Waals surface area contributed by atoms with Crippen molar-refractivity contribution in [3.8, 4) is 23.2 Å². The number of nitriles is 1. The second-order valence-corrected chi connectivity index (χ2v) is 4.73. The molecule has 0 fully saturated rings. The minimum Gasteiger partial charge on any atom is -0.493 e. The van der Waals surface area contributed by atoms with E-state index in [0.717, 1.165) is 0 Å². The molecule has 0 amide bonds. The second kappa shape index (κ2) is 7.18. The van der Waals surface area contributed by atoms with Gasteiger partial charge in [0.25, 0.3) is 0 Å². The average Bonchev–Trinajstić information content (AvgIpc) is 2.55. The molecule has 1 N–H and O–H groups in total. The first-order valence-corrected chi connectivity index (χ1v) is 6.80. The van der Waals surface area contributed by atoms with E-state index in [-0.39, 0.29) is 11.6 Å². The summed E-state index contributed by atoms with van der Waals surface area (Å²) in [6.45, 7) is 2.22. The van der Waals surface area contributed by atoms with E-state index in [0.29, 0.717) is 30.2 Å². The van der Waals surface area contributed by atoms with Gasteiger partial charge in [-0.15, -0.1) is 0 Å². The number of hydrogen-bond acceptors (Lipinski definition) is 5. The van der Waals surface area contributed by atoms with E-state index in [9.17, 15) is 4.79 Å². The minimum atomic E-state index is -1.11. The number of ether oxygens (including phenoxy) is 1. The molecule has 112 valence electrons. The van der Waals surface area contributed by atoms with Gasteiger partial charge >= 0.3 is 5.97 Å². The topological polar surface area (TPSA) is 96.1 Å². The lowest BCUT2D eigenvalue weighted by molar-refractivity contribution is 0.0690. The normalized spacial score (nSPS) is 11.5. The van der Waals surface area contributed by atoms with E-state index in [4.69, 9.17) is 15.1 Å². The predicted octanol–water partition coefficient (Wildman–Crippen LogP) is 2.77.